The molecule has 0 spiro atoms. The van der Waals surface area contributed by atoms with Crippen LogP contribution in [0.4, 0.5) is 0 Å². The van der Waals surface area contributed by atoms with Gasteiger partial charge in [0.2, 0.25) is 5.91 Å². The van der Waals surface area contributed by atoms with Crippen molar-refractivity contribution in [2.24, 2.45) is 0 Å². The maximum Gasteiger partial charge on any atom is 0.341 e. The lowest BCUT2D eigenvalue weighted by molar-refractivity contribution is -0.122. The van der Waals surface area contributed by atoms with Gasteiger partial charge in [-0.2, -0.15) is 0 Å². The fourth-order valence-electron chi connectivity index (χ4n) is 2.50. The minimum absolute atomic E-state index is 0.142. The molecular formula is C14H18N2O4. The summed E-state index contributed by atoms with van der Waals surface area (Å²) in [5.74, 6) is -1.53. The molecule has 6 heteroatoms. The molecule has 1 aromatic heterocycles. The molecule has 1 aliphatic rings. The van der Waals surface area contributed by atoms with Crippen molar-refractivity contribution in [2.45, 2.75) is 44.7 Å². The first-order chi connectivity index (χ1) is 9.58. The first-order valence-electron chi connectivity index (χ1n) is 6.80. The summed E-state index contributed by atoms with van der Waals surface area (Å²) in [5, 5.41) is 11.8. The molecule has 1 amide bonds. The van der Waals surface area contributed by atoms with Gasteiger partial charge in [0.1, 0.15) is 12.1 Å². The standard InChI is InChI=1S/C14H18N2O4/c17-12(15-10-5-2-1-3-6-10)9-16-8-4-7-11(13(16)18)14(19)20/h4,7-8,10H,1-3,5-6,9H2,(H,15,17)(H,19,20). The van der Waals surface area contributed by atoms with Gasteiger partial charge in [-0.25, -0.2) is 4.79 Å². The maximum atomic E-state index is 11.9. The highest BCUT2D eigenvalue weighted by atomic mass is 16.4. The largest absolute Gasteiger partial charge is 0.477 e. The van der Waals surface area contributed by atoms with Crippen molar-refractivity contribution in [3.05, 3.63) is 34.2 Å². The Labute approximate surface area is 116 Å². The second-order valence-corrected chi connectivity index (χ2v) is 5.06. The molecular weight excluding hydrogens is 260 g/mol. The number of amides is 1. The van der Waals surface area contributed by atoms with Crippen LogP contribution in [0, 0.1) is 0 Å². The highest BCUT2D eigenvalue weighted by molar-refractivity contribution is 5.87. The van der Waals surface area contributed by atoms with Gasteiger partial charge in [0, 0.05) is 12.2 Å². The molecule has 2 rings (SSSR count). The van der Waals surface area contributed by atoms with Crippen LogP contribution in [0.1, 0.15) is 42.5 Å². The van der Waals surface area contributed by atoms with Crippen molar-refractivity contribution in [1.29, 1.82) is 0 Å². The van der Waals surface area contributed by atoms with E-state index in [4.69, 9.17) is 5.11 Å². The monoisotopic (exact) mass is 278 g/mol. The molecule has 0 bridgehead atoms. The molecule has 1 heterocycles. The lowest BCUT2D eigenvalue weighted by Gasteiger charge is -2.22. The van der Waals surface area contributed by atoms with Gasteiger partial charge in [0.15, 0.2) is 0 Å². The summed E-state index contributed by atoms with van der Waals surface area (Å²) < 4.78 is 1.13. The van der Waals surface area contributed by atoms with E-state index in [0.717, 1.165) is 30.3 Å². The number of carbonyl (C=O) groups is 2. The van der Waals surface area contributed by atoms with Gasteiger partial charge in [-0.1, -0.05) is 19.3 Å². The van der Waals surface area contributed by atoms with Gasteiger partial charge in [0.25, 0.3) is 5.56 Å². The first kappa shape index (κ1) is 14.3. The number of carboxylic acid groups (broad SMARTS) is 1. The fourth-order valence-corrected chi connectivity index (χ4v) is 2.50. The molecule has 1 fully saturated rings. The number of carbonyl (C=O) groups excluding carboxylic acids is 1. The summed E-state index contributed by atoms with van der Waals surface area (Å²) >= 11 is 0. The molecule has 6 nitrogen and oxygen atoms in total. The Bertz CT molecular complexity index is 559. The van der Waals surface area contributed by atoms with Gasteiger partial charge in [-0.15, -0.1) is 0 Å². The zero-order valence-corrected chi connectivity index (χ0v) is 11.2. The summed E-state index contributed by atoms with van der Waals surface area (Å²) in [6.45, 7) is -0.142. The molecule has 0 aliphatic heterocycles. The molecule has 0 saturated heterocycles. The normalized spacial score (nSPS) is 15.8. The number of aromatic carboxylic acids is 1. The van der Waals surface area contributed by atoms with Crippen molar-refractivity contribution >= 4 is 11.9 Å². The second kappa shape index (κ2) is 6.36. The van der Waals surface area contributed by atoms with Crippen LogP contribution in [-0.2, 0) is 11.3 Å². The van der Waals surface area contributed by atoms with Crippen molar-refractivity contribution in [2.75, 3.05) is 0 Å². The second-order valence-electron chi connectivity index (χ2n) is 5.06. The molecule has 1 saturated carbocycles. The SMILES string of the molecule is O=C(Cn1cccc(C(=O)O)c1=O)NC1CCCCC1. The van der Waals surface area contributed by atoms with E-state index in [2.05, 4.69) is 5.32 Å². The Morgan fingerprint density at radius 1 is 1.30 bits per heavy atom. The Morgan fingerprint density at radius 3 is 2.65 bits per heavy atom. The van der Waals surface area contributed by atoms with Gasteiger partial charge in [0.05, 0.1) is 0 Å². The summed E-state index contributed by atoms with van der Waals surface area (Å²) in [7, 11) is 0. The molecule has 0 radical (unpaired) electrons. The van der Waals surface area contributed by atoms with Crippen LogP contribution in [0.3, 0.4) is 0 Å². The minimum Gasteiger partial charge on any atom is -0.477 e. The molecule has 2 N–H and O–H groups in total. The third kappa shape index (κ3) is 3.46. The number of rotatable bonds is 4. The zero-order chi connectivity index (χ0) is 14.5. The van der Waals surface area contributed by atoms with E-state index >= 15 is 0 Å². The van der Waals surface area contributed by atoms with E-state index in [1.54, 1.807) is 0 Å². The maximum absolute atomic E-state index is 11.9. The summed E-state index contributed by atoms with van der Waals surface area (Å²) in [6.07, 6.45) is 6.78. The Kier molecular flexibility index (Phi) is 4.55. The average Bonchev–Trinajstić information content (AvgIpc) is 2.42. The van der Waals surface area contributed by atoms with Crippen molar-refractivity contribution in [3.8, 4) is 0 Å². The number of nitrogens with one attached hydrogen (secondary N) is 1. The zero-order valence-electron chi connectivity index (χ0n) is 11.2. The van der Waals surface area contributed by atoms with Gasteiger partial charge in [-0.05, 0) is 25.0 Å². The van der Waals surface area contributed by atoms with E-state index < -0.39 is 11.5 Å². The molecule has 1 aromatic rings. The molecule has 0 unspecified atom stereocenters. The van der Waals surface area contributed by atoms with Crippen LogP contribution in [-0.4, -0.2) is 27.6 Å². The van der Waals surface area contributed by atoms with E-state index in [0.29, 0.717) is 0 Å². The number of hydrogen-bond donors (Lipinski definition) is 2. The number of aromatic nitrogens is 1. The van der Waals surface area contributed by atoms with E-state index in [1.807, 2.05) is 0 Å². The van der Waals surface area contributed by atoms with E-state index in [9.17, 15) is 14.4 Å². The van der Waals surface area contributed by atoms with E-state index in [1.165, 1.54) is 24.8 Å². The van der Waals surface area contributed by atoms with Gasteiger partial charge >= 0.3 is 5.97 Å². The molecule has 0 aromatic carbocycles. The lowest BCUT2D eigenvalue weighted by Crippen LogP contribution is -2.40. The van der Waals surface area contributed by atoms with Crippen LogP contribution >= 0.6 is 0 Å². The Morgan fingerprint density at radius 2 is 2.00 bits per heavy atom. The minimum atomic E-state index is -1.28. The molecule has 108 valence electrons. The van der Waals surface area contributed by atoms with Crippen LogP contribution in [0.15, 0.2) is 23.1 Å². The van der Waals surface area contributed by atoms with Crippen LogP contribution < -0.4 is 10.9 Å². The number of hydrogen-bond acceptors (Lipinski definition) is 3. The average molecular weight is 278 g/mol. The molecule has 0 atom stereocenters. The first-order valence-corrected chi connectivity index (χ1v) is 6.80. The highest BCUT2D eigenvalue weighted by Crippen LogP contribution is 2.17. The van der Waals surface area contributed by atoms with Crippen LogP contribution in [0.2, 0.25) is 0 Å². The predicted octanol–water partition coefficient (Wildman–Crippen LogP) is 0.995. The summed E-state index contributed by atoms with van der Waals surface area (Å²) in [6, 6.07) is 2.87. The molecule has 1 aliphatic carbocycles. The van der Waals surface area contributed by atoms with Crippen molar-refractivity contribution in [3.63, 3.8) is 0 Å². The van der Waals surface area contributed by atoms with Crippen LogP contribution in [0.25, 0.3) is 0 Å². The van der Waals surface area contributed by atoms with Gasteiger partial charge < -0.3 is 15.0 Å². The number of pyridine rings is 1. The summed E-state index contributed by atoms with van der Waals surface area (Å²) in [5.41, 5.74) is -0.975. The van der Waals surface area contributed by atoms with Gasteiger partial charge in [-0.3, -0.25) is 9.59 Å². The summed E-state index contributed by atoms with van der Waals surface area (Å²) in [4.78, 5) is 34.6. The molecule has 20 heavy (non-hydrogen) atoms. The Hall–Kier alpha value is -2.11. The topological polar surface area (TPSA) is 88.4 Å². The highest BCUT2D eigenvalue weighted by Gasteiger charge is 2.17. The van der Waals surface area contributed by atoms with Crippen molar-refractivity contribution in [1.82, 2.24) is 9.88 Å². The van der Waals surface area contributed by atoms with Crippen molar-refractivity contribution < 1.29 is 14.7 Å². The number of nitrogens with zero attached hydrogens (tertiary/aromatic N) is 1. The van der Waals surface area contributed by atoms with E-state index in [-0.39, 0.29) is 24.1 Å². The lowest BCUT2D eigenvalue weighted by atomic mass is 9.95. The third-order valence-electron chi connectivity index (χ3n) is 3.53. The third-order valence-corrected chi connectivity index (χ3v) is 3.53. The smallest absolute Gasteiger partial charge is 0.341 e. The Balaban J connectivity index is 2.02. The van der Waals surface area contributed by atoms with Crippen LogP contribution in [0.5, 0.6) is 0 Å². The predicted molar refractivity (Wildman–Crippen MR) is 72.7 cm³/mol. The quantitative estimate of drug-likeness (QED) is 0.859. The fraction of sp³-hybridized carbons (Fsp3) is 0.500. The number of carboxylic acids is 1.